The average molecular weight is 447 g/mol. The first-order chi connectivity index (χ1) is 15.3. The van der Waals surface area contributed by atoms with Crippen molar-refractivity contribution in [3.05, 3.63) is 76.6 Å². The predicted molar refractivity (Wildman–Crippen MR) is 129 cm³/mol. The molecule has 0 fully saturated rings. The quantitative estimate of drug-likeness (QED) is 0.556. The summed E-state index contributed by atoms with van der Waals surface area (Å²) in [6.07, 6.45) is 0. The normalized spacial score (nSPS) is 13.5. The maximum absolute atomic E-state index is 13.4. The molecule has 1 aliphatic heterocycles. The van der Waals surface area contributed by atoms with E-state index in [0.717, 1.165) is 5.69 Å². The van der Waals surface area contributed by atoms with E-state index in [0.29, 0.717) is 27.5 Å². The van der Waals surface area contributed by atoms with Gasteiger partial charge in [-0.05, 0) is 60.0 Å². The van der Waals surface area contributed by atoms with Crippen LogP contribution in [-0.4, -0.2) is 31.8 Å². The fraction of sp³-hybridized carbons (Fsp3) is 0.125. The van der Waals surface area contributed by atoms with Crippen LogP contribution >= 0.6 is 11.3 Å². The summed E-state index contributed by atoms with van der Waals surface area (Å²) in [5, 5.41) is 7.70. The number of hydrogen-bond donors (Lipinski definition) is 2. The summed E-state index contributed by atoms with van der Waals surface area (Å²) < 4.78 is 0. The van der Waals surface area contributed by atoms with Crippen LogP contribution in [0.1, 0.15) is 11.8 Å². The lowest BCUT2D eigenvalue weighted by molar-refractivity contribution is -0.120. The predicted octanol–water partition coefficient (Wildman–Crippen LogP) is 4.17. The Bertz CT molecular complexity index is 1200. The number of rotatable bonds is 6. The lowest BCUT2D eigenvalue weighted by Crippen LogP contribution is -2.32. The molecule has 0 unspecified atom stereocenters. The van der Waals surface area contributed by atoms with Crippen LogP contribution in [-0.2, 0) is 14.4 Å². The van der Waals surface area contributed by atoms with E-state index in [1.807, 2.05) is 48.6 Å². The number of amides is 3. The minimum atomic E-state index is -0.415. The van der Waals surface area contributed by atoms with Crippen LogP contribution in [0, 0.1) is 0 Å². The van der Waals surface area contributed by atoms with Gasteiger partial charge in [-0.1, -0.05) is 6.07 Å². The molecule has 7 nitrogen and oxygen atoms in total. The van der Waals surface area contributed by atoms with Crippen LogP contribution in [0.3, 0.4) is 0 Å². The number of thiophene rings is 1. The van der Waals surface area contributed by atoms with Crippen molar-refractivity contribution in [1.82, 2.24) is 0 Å². The first-order valence-electron chi connectivity index (χ1n) is 9.94. The number of hydrogen-bond acceptors (Lipinski definition) is 6. The van der Waals surface area contributed by atoms with E-state index in [9.17, 15) is 14.4 Å². The highest BCUT2D eigenvalue weighted by atomic mass is 32.1. The summed E-state index contributed by atoms with van der Waals surface area (Å²) in [7, 11) is 3.85. The topological polar surface area (TPSA) is 81.8 Å². The van der Waals surface area contributed by atoms with Crippen molar-refractivity contribution in [3.8, 4) is 0 Å². The van der Waals surface area contributed by atoms with Gasteiger partial charge in [-0.25, -0.2) is 4.90 Å². The molecule has 4 rings (SSSR count). The maximum atomic E-state index is 13.4. The molecule has 1 aromatic heterocycles. The van der Waals surface area contributed by atoms with E-state index in [-0.39, 0.29) is 17.5 Å². The highest BCUT2D eigenvalue weighted by Gasteiger charge is 2.40. The average Bonchev–Trinajstić information content (AvgIpc) is 3.36. The Morgan fingerprint density at radius 1 is 0.906 bits per heavy atom. The molecule has 0 saturated heterocycles. The summed E-state index contributed by atoms with van der Waals surface area (Å²) in [5.74, 6) is -0.949. The monoisotopic (exact) mass is 446 g/mol. The molecule has 162 valence electrons. The number of imide groups is 1. The van der Waals surface area contributed by atoms with Crippen molar-refractivity contribution < 1.29 is 14.4 Å². The molecular weight excluding hydrogens is 424 g/mol. The Balaban J connectivity index is 1.68. The lowest BCUT2D eigenvalue weighted by atomic mass is 10.1. The Morgan fingerprint density at radius 3 is 2.12 bits per heavy atom. The Kier molecular flexibility index (Phi) is 5.79. The number of anilines is 4. The number of carbonyl (C=O) groups is 3. The van der Waals surface area contributed by atoms with E-state index < -0.39 is 5.91 Å². The first-order valence-corrected chi connectivity index (χ1v) is 10.8. The van der Waals surface area contributed by atoms with E-state index in [1.165, 1.54) is 23.2 Å². The summed E-state index contributed by atoms with van der Waals surface area (Å²) in [4.78, 5) is 41.8. The third-order valence-corrected chi connectivity index (χ3v) is 5.84. The molecule has 0 spiro atoms. The minimum absolute atomic E-state index is 0.166. The van der Waals surface area contributed by atoms with Gasteiger partial charge in [-0.2, -0.15) is 0 Å². The van der Waals surface area contributed by atoms with Crippen molar-refractivity contribution in [2.24, 2.45) is 0 Å². The van der Waals surface area contributed by atoms with Gasteiger partial charge < -0.3 is 15.5 Å². The second kappa shape index (κ2) is 8.68. The molecule has 3 amide bonds. The van der Waals surface area contributed by atoms with Crippen molar-refractivity contribution in [2.75, 3.05) is 34.5 Å². The van der Waals surface area contributed by atoms with Gasteiger partial charge in [0, 0.05) is 43.0 Å². The fourth-order valence-electron chi connectivity index (χ4n) is 3.41. The van der Waals surface area contributed by atoms with Gasteiger partial charge in [0.15, 0.2) is 0 Å². The van der Waals surface area contributed by atoms with Crippen LogP contribution < -0.4 is 20.4 Å². The van der Waals surface area contributed by atoms with Crippen LogP contribution in [0.15, 0.2) is 71.7 Å². The maximum Gasteiger partial charge on any atom is 0.282 e. The Labute approximate surface area is 190 Å². The molecule has 0 aliphatic carbocycles. The zero-order valence-electron chi connectivity index (χ0n) is 17.9. The second-order valence-electron chi connectivity index (χ2n) is 7.47. The molecule has 1 aliphatic rings. The highest BCUT2D eigenvalue weighted by molar-refractivity contribution is 7.11. The van der Waals surface area contributed by atoms with E-state index in [4.69, 9.17) is 0 Å². The largest absolute Gasteiger partial charge is 0.378 e. The Hall–Kier alpha value is -3.91. The molecule has 0 saturated carbocycles. The molecule has 32 heavy (non-hydrogen) atoms. The SMILES string of the molecule is CC(=O)Nc1ccc(NC2=C(c3cccs3)C(=O)N(c3ccc(N(C)C)cc3)C2=O)cc1. The van der Waals surface area contributed by atoms with Gasteiger partial charge in [-0.3, -0.25) is 14.4 Å². The smallest absolute Gasteiger partial charge is 0.282 e. The number of benzene rings is 2. The third kappa shape index (κ3) is 4.13. The number of nitrogens with zero attached hydrogens (tertiary/aromatic N) is 2. The molecule has 3 aromatic rings. The molecule has 2 heterocycles. The van der Waals surface area contributed by atoms with Gasteiger partial charge in [0.1, 0.15) is 5.70 Å². The minimum Gasteiger partial charge on any atom is -0.378 e. The zero-order chi connectivity index (χ0) is 22.8. The lowest BCUT2D eigenvalue weighted by Gasteiger charge is -2.18. The van der Waals surface area contributed by atoms with E-state index >= 15 is 0 Å². The van der Waals surface area contributed by atoms with Gasteiger partial charge in [0.2, 0.25) is 5.91 Å². The molecule has 0 atom stereocenters. The van der Waals surface area contributed by atoms with Crippen LogP contribution in [0.4, 0.5) is 22.7 Å². The van der Waals surface area contributed by atoms with Gasteiger partial charge in [0.05, 0.1) is 11.3 Å². The van der Waals surface area contributed by atoms with E-state index in [1.54, 1.807) is 36.4 Å². The fourth-order valence-corrected chi connectivity index (χ4v) is 4.18. The van der Waals surface area contributed by atoms with Crippen molar-refractivity contribution >= 4 is 57.4 Å². The third-order valence-electron chi connectivity index (χ3n) is 4.95. The number of nitrogens with one attached hydrogen (secondary N) is 2. The van der Waals surface area contributed by atoms with Gasteiger partial charge in [-0.15, -0.1) is 11.3 Å². The summed E-state index contributed by atoms with van der Waals surface area (Å²) >= 11 is 1.40. The molecule has 2 N–H and O–H groups in total. The molecule has 8 heteroatoms. The van der Waals surface area contributed by atoms with Crippen molar-refractivity contribution in [1.29, 1.82) is 0 Å². The summed E-state index contributed by atoms with van der Waals surface area (Å²) in [5.41, 5.74) is 3.32. The van der Waals surface area contributed by atoms with E-state index in [2.05, 4.69) is 10.6 Å². The van der Waals surface area contributed by atoms with Crippen LogP contribution in [0.25, 0.3) is 5.57 Å². The van der Waals surface area contributed by atoms with Crippen LogP contribution in [0.5, 0.6) is 0 Å². The standard InChI is InChI=1S/C24H22N4O3S/c1-15(29)25-16-6-8-17(9-7-16)26-22-21(20-5-4-14-32-20)23(30)28(24(22)31)19-12-10-18(11-13-19)27(2)3/h4-14,26H,1-3H3,(H,25,29). The summed E-state index contributed by atoms with van der Waals surface area (Å²) in [6, 6.07) is 17.9. The molecule has 2 aromatic carbocycles. The van der Waals surface area contributed by atoms with Crippen molar-refractivity contribution in [2.45, 2.75) is 6.92 Å². The molecule has 0 radical (unpaired) electrons. The van der Waals surface area contributed by atoms with Gasteiger partial charge >= 0.3 is 0 Å². The zero-order valence-corrected chi connectivity index (χ0v) is 18.7. The van der Waals surface area contributed by atoms with Crippen LogP contribution in [0.2, 0.25) is 0 Å². The summed E-state index contributed by atoms with van der Waals surface area (Å²) in [6.45, 7) is 1.44. The second-order valence-corrected chi connectivity index (χ2v) is 8.42. The van der Waals surface area contributed by atoms with Gasteiger partial charge in [0.25, 0.3) is 11.8 Å². The van der Waals surface area contributed by atoms with Crippen molar-refractivity contribution in [3.63, 3.8) is 0 Å². The molecule has 0 bridgehead atoms. The highest BCUT2D eigenvalue weighted by Crippen LogP contribution is 2.36. The molecular formula is C24H22N4O3S. The Morgan fingerprint density at radius 2 is 1.56 bits per heavy atom. The number of carbonyl (C=O) groups excluding carboxylic acids is 3. The first kappa shape index (κ1) is 21.3.